The van der Waals surface area contributed by atoms with Crippen LogP contribution >= 0.6 is 23.2 Å². The van der Waals surface area contributed by atoms with Crippen LogP contribution in [-0.4, -0.2) is 27.6 Å². The molecule has 0 saturated heterocycles. The third-order valence-electron chi connectivity index (χ3n) is 3.35. The van der Waals surface area contributed by atoms with Gasteiger partial charge < -0.3 is 15.0 Å². The number of halogens is 2. The summed E-state index contributed by atoms with van der Waals surface area (Å²) in [6.07, 6.45) is 0. The molecule has 1 aromatic heterocycles. The first-order chi connectivity index (χ1) is 11.0. The van der Waals surface area contributed by atoms with Gasteiger partial charge in [0.1, 0.15) is 12.4 Å². The van der Waals surface area contributed by atoms with Gasteiger partial charge in [-0.2, -0.15) is 0 Å². The summed E-state index contributed by atoms with van der Waals surface area (Å²) in [5.74, 6) is -0.252. The number of carboxylic acids is 1. The first-order valence-corrected chi connectivity index (χ1v) is 7.63. The lowest BCUT2D eigenvalue weighted by Gasteiger charge is -2.21. The largest absolute Gasteiger partial charge is 0.480 e. The standard InChI is InChI=1S/C16H13Cl2N3O2/c17-10-1-4-12(5-2-10)21(9-16(22)23)8-15-19-13-6-3-11(18)7-14(13)20-15/h1-7H,8-9H2,(H,19,20)(H,22,23). The molecule has 2 aromatic carbocycles. The number of hydrogen-bond donors (Lipinski definition) is 2. The average molecular weight is 350 g/mol. The van der Waals surface area contributed by atoms with Crippen molar-refractivity contribution < 1.29 is 9.90 Å². The van der Waals surface area contributed by atoms with E-state index in [9.17, 15) is 4.79 Å². The van der Waals surface area contributed by atoms with E-state index < -0.39 is 5.97 Å². The van der Waals surface area contributed by atoms with Crippen molar-refractivity contribution >= 4 is 45.9 Å². The lowest BCUT2D eigenvalue weighted by molar-refractivity contribution is -0.135. The van der Waals surface area contributed by atoms with Crippen molar-refractivity contribution in [3.05, 3.63) is 58.3 Å². The lowest BCUT2D eigenvalue weighted by Crippen LogP contribution is -2.29. The fourth-order valence-electron chi connectivity index (χ4n) is 2.34. The second kappa shape index (κ2) is 6.48. The van der Waals surface area contributed by atoms with E-state index in [1.807, 2.05) is 6.07 Å². The van der Waals surface area contributed by atoms with Crippen LogP contribution in [0.2, 0.25) is 10.0 Å². The van der Waals surface area contributed by atoms with Gasteiger partial charge in [-0.1, -0.05) is 23.2 Å². The van der Waals surface area contributed by atoms with Gasteiger partial charge in [-0.05, 0) is 42.5 Å². The fourth-order valence-corrected chi connectivity index (χ4v) is 2.63. The molecule has 0 fully saturated rings. The molecule has 0 atom stereocenters. The van der Waals surface area contributed by atoms with Crippen LogP contribution in [0.25, 0.3) is 11.0 Å². The third-order valence-corrected chi connectivity index (χ3v) is 3.84. The van der Waals surface area contributed by atoms with E-state index in [1.54, 1.807) is 41.3 Å². The maximum atomic E-state index is 11.1. The molecule has 0 spiro atoms. The van der Waals surface area contributed by atoms with Crippen LogP contribution in [0.3, 0.4) is 0 Å². The smallest absolute Gasteiger partial charge is 0.323 e. The Kier molecular flexibility index (Phi) is 4.41. The van der Waals surface area contributed by atoms with Crippen LogP contribution in [0, 0.1) is 0 Å². The molecule has 118 valence electrons. The first kappa shape index (κ1) is 15.6. The second-order valence-corrected chi connectivity index (χ2v) is 5.94. The highest BCUT2D eigenvalue weighted by molar-refractivity contribution is 6.31. The van der Waals surface area contributed by atoms with E-state index in [2.05, 4.69) is 9.97 Å². The zero-order chi connectivity index (χ0) is 16.4. The van der Waals surface area contributed by atoms with Crippen molar-refractivity contribution in [2.45, 2.75) is 6.54 Å². The molecule has 0 aliphatic carbocycles. The van der Waals surface area contributed by atoms with Crippen molar-refractivity contribution in [2.75, 3.05) is 11.4 Å². The zero-order valence-corrected chi connectivity index (χ0v) is 13.5. The van der Waals surface area contributed by atoms with Gasteiger partial charge in [-0.3, -0.25) is 4.79 Å². The van der Waals surface area contributed by atoms with Crippen LogP contribution in [0.5, 0.6) is 0 Å². The molecule has 0 radical (unpaired) electrons. The number of benzene rings is 2. The van der Waals surface area contributed by atoms with Crippen molar-refractivity contribution in [1.29, 1.82) is 0 Å². The van der Waals surface area contributed by atoms with E-state index in [1.165, 1.54) is 0 Å². The number of fused-ring (bicyclic) bond motifs is 1. The van der Waals surface area contributed by atoms with Gasteiger partial charge in [-0.15, -0.1) is 0 Å². The zero-order valence-electron chi connectivity index (χ0n) is 12.0. The number of nitrogens with one attached hydrogen (secondary N) is 1. The molecule has 0 unspecified atom stereocenters. The summed E-state index contributed by atoms with van der Waals surface area (Å²) in [4.78, 5) is 20.5. The van der Waals surface area contributed by atoms with Crippen molar-refractivity contribution in [2.24, 2.45) is 0 Å². The van der Waals surface area contributed by atoms with Crippen molar-refractivity contribution in [1.82, 2.24) is 9.97 Å². The van der Waals surface area contributed by atoms with Gasteiger partial charge in [0.2, 0.25) is 0 Å². The van der Waals surface area contributed by atoms with Gasteiger partial charge in [0.25, 0.3) is 0 Å². The average Bonchev–Trinajstić information content (AvgIpc) is 2.88. The normalized spacial score (nSPS) is 10.9. The number of nitrogens with zero attached hydrogens (tertiary/aromatic N) is 2. The molecule has 7 heteroatoms. The van der Waals surface area contributed by atoms with Crippen LogP contribution < -0.4 is 4.90 Å². The number of aliphatic carboxylic acids is 1. The summed E-state index contributed by atoms with van der Waals surface area (Å²) in [7, 11) is 0. The Bertz CT molecular complexity index is 846. The molecule has 0 amide bonds. The predicted molar refractivity (Wildman–Crippen MR) is 91.2 cm³/mol. The maximum Gasteiger partial charge on any atom is 0.323 e. The van der Waals surface area contributed by atoms with Gasteiger partial charge in [0.15, 0.2) is 0 Å². The summed E-state index contributed by atoms with van der Waals surface area (Å²) in [6, 6.07) is 12.4. The number of rotatable bonds is 5. The molecule has 3 aromatic rings. The molecule has 0 aliphatic heterocycles. The lowest BCUT2D eigenvalue weighted by atomic mass is 10.3. The van der Waals surface area contributed by atoms with Gasteiger partial charge in [-0.25, -0.2) is 4.98 Å². The molecule has 0 bridgehead atoms. The Morgan fingerprint density at radius 2 is 1.83 bits per heavy atom. The second-order valence-electron chi connectivity index (χ2n) is 5.07. The molecular weight excluding hydrogens is 337 g/mol. The SMILES string of the molecule is O=C(O)CN(Cc1nc2cc(Cl)ccc2[nH]1)c1ccc(Cl)cc1. The number of aromatic nitrogens is 2. The summed E-state index contributed by atoms with van der Waals surface area (Å²) in [6.45, 7) is 0.194. The Morgan fingerprint density at radius 3 is 2.52 bits per heavy atom. The quantitative estimate of drug-likeness (QED) is 0.731. The monoisotopic (exact) mass is 349 g/mol. The number of carboxylic acid groups (broad SMARTS) is 1. The van der Waals surface area contributed by atoms with Crippen LogP contribution in [0.4, 0.5) is 5.69 Å². The minimum atomic E-state index is -0.917. The summed E-state index contributed by atoms with van der Waals surface area (Å²) < 4.78 is 0. The highest BCUT2D eigenvalue weighted by Crippen LogP contribution is 2.21. The molecular formula is C16H13Cl2N3O2. The number of carbonyl (C=O) groups is 1. The maximum absolute atomic E-state index is 11.1. The van der Waals surface area contributed by atoms with E-state index >= 15 is 0 Å². The van der Waals surface area contributed by atoms with Crippen LogP contribution in [-0.2, 0) is 11.3 Å². The van der Waals surface area contributed by atoms with E-state index in [0.717, 1.165) is 16.7 Å². The number of hydrogen-bond acceptors (Lipinski definition) is 3. The molecule has 2 N–H and O–H groups in total. The molecule has 5 nitrogen and oxygen atoms in total. The van der Waals surface area contributed by atoms with Gasteiger partial charge in [0.05, 0.1) is 17.6 Å². The minimum Gasteiger partial charge on any atom is -0.480 e. The number of H-pyrrole nitrogens is 1. The first-order valence-electron chi connectivity index (χ1n) is 6.88. The minimum absolute atomic E-state index is 0.139. The summed E-state index contributed by atoms with van der Waals surface area (Å²) in [5, 5.41) is 10.3. The highest BCUT2D eigenvalue weighted by Gasteiger charge is 2.14. The molecule has 1 heterocycles. The highest BCUT2D eigenvalue weighted by atomic mass is 35.5. The molecule has 23 heavy (non-hydrogen) atoms. The number of imidazole rings is 1. The Balaban J connectivity index is 1.89. The predicted octanol–water partition coefficient (Wildman–Crippen LogP) is 3.96. The van der Waals surface area contributed by atoms with E-state index in [-0.39, 0.29) is 6.54 Å². The van der Waals surface area contributed by atoms with Crippen molar-refractivity contribution in [3.63, 3.8) is 0 Å². The third kappa shape index (κ3) is 3.75. The van der Waals surface area contributed by atoms with Gasteiger partial charge >= 0.3 is 5.97 Å². The Morgan fingerprint density at radius 1 is 1.13 bits per heavy atom. The molecule has 0 saturated carbocycles. The van der Waals surface area contributed by atoms with E-state index in [0.29, 0.717) is 22.4 Å². The molecule has 0 aliphatic rings. The number of aromatic amines is 1. The number of anilines is 1. The summed E-state index contributed by atoms with van der Waals surface area (Å²) in [5.41, 5.74) is 2.37. The fraction of sp³-hybridized carbons (Fsp3) is 0.125. The Labute approximate surface area is 142 Å². The van der Waals surface area contributed by atoms with Gasteiger partial charge in [0, 0.05) is 15.7 Å². The summed E-state index contributed by atoms with van der Waals surface area (Å²) >= 11 is 11.8. The van der Waals surface area contributed by atoms with Crippen LogP contribution in [0.15, 0.2) is 42.5 Å². The van der Waals surface area contributed by atoms with E-state index in [4.69, 9.17) is 28.3 Å². The topological polar surface area (TPSA) is 69.2 Å². The van der Waals surface area contributed by atoms with Crippen LogP contribution in [0.1, 0.15) is 5.82 Å². The van der Waals surface area contributed by atoms with Crippen molar-refractivity contribution in [3.8, 4) is 0 Å². The Hall–Kier alpha value is -2.24. The molecule has 3 rings (SSSR count).